The molecule has 0 bridgehead atoms. The van der Waals surface area contributed by atoms with Crippen molar-refractivity contribution in [3.8, 4) is 0 Å². The lowest BCUT2D eigenvalue weighted by atomic mass is 9.95. The molecule has 5 rings (SSSR count). The molecule has 1 aliphatic rings. The summed E-state index contributed by atoms with van der Waals surface area (Å²) in [5, 5.41) is 22.7. The number of nitrogens with zero attached hydrogens (tertiary/aromatic N) is 3. The van der Waals surface area contributed by atoms with Gasteiger partial charge in [0.1, 0.15) is 9.97 Å². The maximum Gasteiger partial charge on any atom is 0.301 e. The highest BCUT2D eigenvalue weighted by atomic mass is 35.5. The molecule has 4 aromatic rings. The number of hydrogen-bond acceptors (Lipinski definition) is 9. The standard InChI is InChI=1S/C26H14Cl3N3O7S2/c27-14-3-1-13(2-4-14)23(33)21-22(18-10-5-15(28)11-19(18)29)31(25(35)24(21)34)26-30-12-20(40-26)41(38,39)17-8-6-16(7-9-17)32(36)37/h1-12,22,33H/b23-21-. The second kappa shape index (κ2) is 10.9. The van der Waals surface area contributed by atoms with E-state index in [1.54, 1.807) is 0 Å². The van der Waals surface area contributed by atoms with Crippen molar-refractivity contribution in [1.29, 1.82) is 0 Å². The lowest BCUT2D eigenvalue weighted by Crippen LogP contribution is -2.29. The quantitative estimate of drug-likeness (QED) is 0.0821. The first-order chi connectivity index (χ1) is 19.4. The van der Waals surface area contributed by atoms with Crippen LogP contribution in [0.2, 0.25) is 15.1 Å². The summed E-state index contributed by atoms with van der Waals surface area (Å²) in [6.07, 6.45) is 1.01. The van der Waals surface area contributed by atoms with Crippen molar-refractivity contribution < 1.29 is 28.0 Å². The molecule has 1 amide bonds. The molecule has 0 radical (unpaired) electrons. The number of rotatable bonds is 6. The normalized spacial score (nSPS) is 16.8. The molecule has 1 fully saturated rings. The van der Waals surface area contributed by atoms with E-state index in [0.29, 0.717) is 16.4 Å². The van der Waals surface area contributed by atoms with Gasteiger partial charge in [0.2, 0.25) is 9.84 Å². The zero-order valence-corrected chi connectivity index (χ0v) is 24.1. The molecule has 1 aromatic heterocycles. The van der Waals surface area contributed by atoms with Gasteiger partial charge >= 0.3 is 5.91 Å². The third kappa shape index (κ3) is 5.20. The van der Waals surface area contributed by atoms with E-state index < -0.39 is 38.3 Å². The van der Waals surface area contributed by atoms with E-state index in [0.717, 1.165) is 35.4 Å². The number of nitro benzene ring substituents is 1. The minimum absolute atomic E-state index is 0.0756. The van der Waals surface area contributed by atoms with E-state index in [9.17, 15) is 33.2 Å². The number of carbonyl (C=O) groups is 2. The number of halogens is 3. The van der Waals surface area contributed by atoms with Gasteiger partial charge in [-0.3, -0.25) is 24.6 Å². The highest BCUT2D eigenvalue weighted by Crippen LogP contribution is 2.46. The van der Waals surface area contributed by atoms with Crippen molar-refractivity contribution in [3.63, 3.8) is 0 Å². The first kappa shape index (κ1) is 28.7. The van der Waals surface area contributed by atoms with Crippen LogP contribution < -0.4 is 4.90 Å². The van der Waals surface area contributed by atoms with Crippen molar-refractivity contribution in [2.24, 2.45) is 0 Å². The molecule has 2 heterocycles. The third-order valence-electron chi connectivity index (χ3n) is 6.12. The third-order valence-corrected chi connectivity index (χ3v) is 10.2. The number of thiazole rings is 1. The first-order valence-electron chi connectivity index (χ1n) is 11.4. The predicted molar refractivity (Wildman–Crippen MR) is 153 cm³/mol. The number of nitro groups is 1. The summed E-state index contributed by atoms with van der Waals surface area (Å²) in [5.41, 5.74) is -0.182. The zero-order chi connectivity index (χ0) is 29.6. The van der Waals surface area contributed by atoms with Gasteiger partial charge in [0.15, 0.2) is 5.13 Å². The van der Waals surface area contributed by atoms with Gasteiger partial charge in [-0.15, -0.1) is 0 Å². The molecule has 15 heteroatoms. The van der Waals surface area contributed by atoms with Gasteiger partial charge in [-0.2, -0.15) is 0 Å². The Labute approximate surface area is 251 Å². The van der Waals surface area contributed by atoms with Crippen LogP contribution >= 0.6 is 46.1 Å². The molecular weight excluding hydrogens is 637 g/mol. The van der Waals surface area contributed by atoms with Gasteiger partial charge in [0.25, 0.3) is 11.5 Å². The van der Waals surface area contributed by atoms with Gasteiger partial charge in [-0.25, -0.2) is 13.4 Å². The average Bonchev–Trinajstić information content (AvgIpc) is 3.52. The molecule has 1 atom stereocenters. The van der Waals surface area contributed by atoms with Crippen LogP contribution in [0.15, 0.2) is 87.6 Å². The molecule has 1 saturated heterocycles. The number of carbonyl (C=O) groups excluding carboxylic acids is 2. The van der Waals surface area contributed by atoms with Crippen molar-refractivity contribution in [3.05, 3.63) is 115 Å². The summed E-state index contributed by atoms with van der Waals surface area (Å²) < 4.78 is 26.2. The second-order valence-corrected chi connectivity index (χ2v) is 13.0. The Morgan fingerprint density at radius 3 is 2.22 bits per heavy atom. The van der Waals surface area contributed by atoms with Crippen molar-refractivity contribution in [1.82, 2.24) is 4.98 Å². The largest absolute Gasteiger partial charge is 0.507 e. The number of non-ortho nitro benzene ring substituents is 1. The number of sulfone groups is 1. The van der Waals surface area contributed by atoms with Gasteiger partial charge in [0.05, 0.1) is 27.6 Å². The van der Waals surface area contributed by atoms with Gasteiger partial charge in [0, 0.05) is 32.8 Å². The Bertz CT molecular complexity index is 1870. The van der Waals surface area contributed by atoms with Crippen LogP contribution in [0, 0.1) is 10.1 Å². The van der Waals surface area contributed by atoms with E-state index >= 15 is 0 Å². The summed E-state index contributed by atoms with van der Waals surface area (Å²) in [6, 6.07) is 13.2. The van der Waals surface area contributed by atoms with E-state index in [4.69, 9.17) is 34.8 Å². The Balaban J connectivity index is 1.65. The number of anilines is 1. The van der Waals surface area contributed by atoms with E-state index in [1.165, 1.54) is 42.5 Å². The Morgan fingerprint density at radius 2 is 1.61 bits per heavy atom. The van der Waals surface area contributed by atoms with E-state index in [2.05, 4.69) is 4.98 Å². The summed E-state index contributed by atoms with van der Waals surface area (Å²) in [4.78, 5) is 41.9. The van der Waals surface area contributed by atoms with Crippen LogP contribution in [0.4, 0.5) is 10.8 Å². The number of aromatic nitrogens is 1. The molecule has 0 saturated carbocycles. The summed E-state index contributed by atoms with van der Waals surface area (Å²) in [7, 11) is -4.20. The Kier molecular flexibility index (Phi) is 7.62. The average molecular weight is 651 g/mol. The van der Waals surface area contributed by atoms with Crippen LogP contribution in [-0.4, -0.2) is 35.1 Å². The summed E-state index contributed by atoms with van der Waals surface area (Å²) in [5.74, 6) is -2.64. The molecule has 208 valence electrons. The Morgan fingerprint density at radius 1 is 0.976 bits per heavy atom. The minimum atomic E-state index is -4.20. The first-order valence-corrected chi connectivity index (χ1v) is 14.8. The number of hydrogen-bond donors (Lipinski definition) is 1. The molecule has 3 aromatic carbocycles. The van der Waals surface area contributed by atoms with Crippen LogP contribution in [0.25, 0.3) is 5.76 Å². The smallest absolute Gasteiger partial charge is 0.301 e. The molecule has 41 heavy (non-hydrogen) atoms. The molecule has 10 nitrogen and oxygen atoms in total. The van der Waals surface area contributed by atoms with Crippen molar-refractivity contribution in [2.45, 2.75) is 15.1 Å². The number of benzene rings is 3. The van der Waals surface area contributed by atoms with Gasteiger partial charge in [-0.05, 0) is 54.1 Å². The SMILES string of the molecule is O=C1C(=O)N(c2ncc(S(=O)(=O)c3ccc([N+](=O)[O-])cc3)s2)C(c2ccc(Cl)cc2Cl)/C1=C(/O)c1ccc(Cl)cc1. The van der Waals surface area contributed by atoms with Gasteiger partial charge in [-0.1, -0.05) is 52.2 Å². The highest BCUT2D eigenvalue weighted by molar-refractivity contribution is 7.93. The summed E-state index contributed by atoms with van der Waals surface area (Å²) in [6.45, 7) is 0. The minimum Gasteiger partial charge on any atom is -0.507 e. The molecule has 1 unspecified atom stereocenters. The molecular formula is C26H14Cl3N3O7S2. The fourth-order valence-electron chi connectivity index (χ4n) is 4.16. The monoisotopic (exact) mass is 649 g/mol. The van der Waals surface area contributed by atoms with Crippen LogP contribution in [0.3, 0.4) is 0 Å². The van der Waals surface area contributed by atoms with Crippen LogP contribution in [0.5, 0.6) is 0 Å². The maximum atomic E-state index is 13.4. The van der Waals surface area contributed by atoms with E-state index in [-0.39, 0.29) is 46.7 Å². The number of aliphatic hydroxyl groups is 1. The van der Waals surface area contributed by atoms with Crippen LogP contribution in [0.1, 0.15) is 17.2 Å². The topological polar surface area (TPSA) is 148 Å². The van der Waals surface area contributed by atoms with E-state index in [1.807, 2.05) is 0 Å². The molecule has 1 N–H and O–H groups in total. The zero-order valence-electron chi connectivity index (χ0n) is 20.2. The maximum absolute atomic E-state index is 13.4. The molecule has 0 aliphatic carbocycles. The Hall–Kier alpha value is -3.81. The van der Waals surface area contributed by atoms with Crippen molar-refractivity contribution in [2.75, 3.05) is 4.90 Å². The number of ketones is 1. The number of amides is 1. The second-order valence-electron chi connectivity index (χ2n) is 8.56. The molecule has 0 spiro atoms. The van der Waals surface area contributed by atoms with Crippen molar-refractivity contribution >= 4 is 84.2 Å². The molecule has 1 aliphatic heterocycles. The lowest BCUT2D eigenvalue weighted by Gasteiger charge is -2.24. The highest BCUT2D eigenvalue weighted by Gasteiger charge is 2.49. The van der Waals surface area contributed by atoms with Gasteiger partial charge < -0.3 is 5.11 Å². The lowest BCUT2D eigenvalue weighted by molar-refractivity contribution is -0.384. The fourth-order valence-corrected chi connectivity index (χ4v) is 7.34. The summed E-state index contributed by atoms with van der Waals surface area (Å²) >= 11 is 19.1. The van der Waals surface area contributed by atoms with Crippen LogP contribution in [-0.2, 0) is 19.4 Å². The number of aliphatic hydroxyl groups excluding tert-OH is 1. The number of Topliss-reactive ketones (excluding diaryl/α,β-unsaturated/α-hetero) is 1. The fraction of sp³-hybridized carbons (Fsp3) is 0.0385. The predicted octanol–water partition coefficient (Wildman–Crippen LogP) is 6.47.